The summed E-state index contributed by atoms with van der Waals surface area (Å²) < 4.78 is 4.85. The van der Waals surface area contributed by atoms with E-state index in [1.165, 1.54) is 19.2 Å². The Bertz CT molecular complexity index is 255. The first-order valence-corrected chi connectivity index (χ1v) is 3.04. The molecule has 11 heavy (non-hydrogen) atoms. The van der Waals surface area contributed by atoms with Gasteiger partial charge in [-0.25, -0.2) is 5.21 Å². The molecule has 0 aliphatic carbocycles. The van der Waals surface area contributed by atoms with Crippen LogP contribution < -0.4 is 4.74 Å². The van der Waals surface area contributed by atoms with Crippen molar-refractivity contribution >= 4 is 5.69 Å². The van der Waals surface area contributed by atoms with E-state index in [4.69, 9.17) is 9.94 Å². The second-order valence-electron chi connectivity index (χ2n) is 1.97. The van der Waals surface area contributed by atoms with E-state index in [0.29, 0.717) is 5.75 Å². The lowest BCUT2D eigenvalue weighted by molar-refractivity contribution is -0.729. The minimum atomic E-state index is -0.195. The van der Waals surface area contributed by atoms with Gasteiger partial charge >= 0.3 is 5.69 Å². The van der Waals surface area contributed by atoms with Crippen LogP contribution in [0.5, 0.6) is 5.75 Å². The summed E-state index contributed by atoms with van der Waals surface area (Å²) in [7, 11) is 1.53. The lowest BCUT2D eigenvalue weighted by Crippen LogP contribution is -1.91. The number of ether oxygens (including phenoxy) is 1. The first-order chi connectivity index (χ1) is 5.24. The zero-order valence-corrected chi connectivity index (χ0v) is 6.02. The molecule has 1 aromatic carbocycles. The maximum Gasteiger partial charge on any atom is 0.316 e. The van der Waals surface area contributed by atoms with Crippen LogP contribution in [0.15, 0.2) is 24.3 Å². The fourth-order valence-corrected chi connectivity index (χ4v) is 0.710. The summed E-state index contributed by atoms with van der Waals surface area (Å²) in [6.07, 6.45) is 0. The van der Waals surface area contributed by atoms with E-state index in [1.807, 2.05) is 0 Å². The smallest absolute Gasteiger partial charge is 0.316 e. The molecule has 1 N–H and O–H groups in total. The third-order valence-electron chi connectivity index (χ3n) is 1.29. The van der Waals surface area contributed by atoms with Gasteiger partial charge in [-0.2, -0.15) is 0 Å². The maximum absolute atomic E-state index is 10.3. The number of methoxy groups -OCH3 is 1. The van der Waals surface area contributed by atoms with Gasteiger partial charge in [0.1, 0.15) is 5.75 Å². The van der Waals surface area contributed by atoms with Crippen molar-refractivity contribution in [2.45, 2.75) is 0 Å². The predicted molar refractivity (Wildman–Crippen MR) is 38.1 cm³/mol. The Balaban J connectivity index is 2.91. The van der Waals surface area contributed by atoms with Gasteiger partial charge in [-0.05, 0) is 12.1 Å². The standard InChI is InChI=1S/C7H8NO3/c1-11-7-4-2-6(3-5-7)8(9)10/h2-5H,1H3,(H,9,10)/q+1. The molecule has 0 radical (unpaired) electrons. The van der Waals surface area contributed by atoms with Crippen LogP contribution in [0.4, 0.5) is 5.69 Å². The Labute approximate surface area is 63.6 Å². The van der Waals surface area contributed by atoms with Gasteiger partial charge in [0, 0.05) is 12.1 Å². The van der Waals surface area contributed by atoms with E-state index < -0.39 is 0 Å². The van der Waals surface area contributed by atoms with Gasteiger partial charge in [0.25, 0.3) is 4.92 Å². The molecule has 1 aromatic rings. The van der Waals surface area contributed by atoms with Gasteiger partial charge in [0.2, 0.25) is 0 Å². The summed E-state index contributed by atoms with van der Waals surface area (Å²) >= 11 is 0. The molecule has 1 rings (SSSR count). The number of nitrogens with zero attached hydrogens (tertiary/aromatic N) is 1. The molecule has 0 aliphatic rings. The van der Waals surface area contributed by atoms with Crippen LogP contribution in [-0.4, -0.2) is 17.2 Å². The van der Waals surface area contributed by atoms with E-state index in [-0.39, 0.29) is 10.6 Å². The van der Waals surface area contributed by atoms with Crippen molar-refractivity contribution in [1.29, 1.82) is 0 Å². The first-order valence-electron chi connectivity index (χ1n) is 3.04. The Hall–Kier alpha value is -1.58. The van der Waals surface area contributed by atoms with Crippen molar-refractivity contribution in [2.75, 3.05) is 7.11 Å². The molecule has 58 valence electrons. The van der Waals surface area contributed by atoms with Crippen molar-refractivity contribution < 1.29 is 14.9 Å². The average Bonchev–Trinajstić information content (AvgIpc) is 2.05. The molecule has 0 spiro atoms. The molecule has 0 heterocycles. The van der Waals surface area contributed by atoms with Crippen molar-refractivity contribution in [2.24, 2.45) is 0 Å². The predicted octanol–water partition coefficient (Wildman–Crippen LogP) is 1.49. The molecule has 0 amide bonds. The van der Waals surface area contributed by atoms with Crippen LogP contribution in [0.3, 0.4) is 0 Å². The molecule has 4 nitrogen and oxygen atoms in total. The van der Waals surface area contributed by atoms with Gasteiger partial charge in [-0.1, -0.05) is 0 Å². The number of rotatable bonds is 2. The quantitative estimate of drug-likeness (QED) is 0.656. The van der Waals surface area contributed by atoms with Crippen LogP contribution in [0.1, 0.15) is 0 Å². The second-order valence-corrected chi connectivity index (χ2v) is 1.97. The van der Waals surface area contributed by atoms with Gasteiger partial charge in [0.05, 0.1) is 12.0 Å². The van der Waals surface area contributed by atoms with Gasteiger partial charge in [-0.15, -0.1) is 0 Å². The zero-order valence-electron chi connectivity index (χ0n) is 6.02. The number of hydrogen-bond acceptors (Lipinski definition) is 2. The Morgan fingerprint density at radius 2 is 1.91 bits per heavy atom. The summed E-state index contributed by atoms with van der Waals surface area (Å²) in [6, 6.07) is 6.12. The molecule has 0 fully saturated rings. The molecule has 0 saturated carbocycles. The van der Waals surface area contributed by atoms with Crippen molar-refractivity contribution in [3.63, 3.8) is 0 Å². The van der Waals surface area contributed by atoms with Crippen molar-refractivity contribution in [3.05, 3.63) is 29.2 Å². The fraction of sp³-hybridized carbons (Fsp3) is 0.143. The summed E-state index contributed by atoms with van der Waals surface area (Å²) in [6.45, 7) is 0. The first kappa shape index (κ1) is 7.53. The summed E-state index contributed by atoms with van der Waals surface area (Å²) in [5.41, 5.74) is 0.186. The zero-order chi connectivity index (χ0) is 8.27. The lowest BCUT2D eigenvalue weighted by Gasteiger charge is -1.94. The maximum atomic E-state index is 10.3. The highest BCUT2D eigenvalue weighted by atomic mass is 16.6. The highest BCUT2D eigenvalue weighted by Crippen LogP contribution is 2.15. The van der Waals surface area contributed by atoms with Crippen LogP contribution in [0.25, 0.3) is 0 Å². The highest BCUT2D eigenvalue weighted by molar-refractivity contribution is 5.35. The molecule has 0 unspecified atom stereocenters. The summed E-state index contributed by atoms with van der Waals surface area (Å²) in [5.74, 6) is 0.649. The van der Waals surface area contributed by atoms with Gasteiger partial charge in [-0.3, -0.25) is 0 Å². The minimum absolute atomic E-state index is 0.186. The van der Waals surface area contributed by atoms with Gasteiger partial charge < -0.3 is 4.74 Å². The van der Waals surface area contributed by atoms with Crippen LogP contribution in [0.2, 0.25) is 0 Å². The van der Waals surface area contributed by atoms with Crippen molar-refractivity contribution in [3.8, 4) is 5.75 Å². The average molecular weight is 154 g/mol. The van der Waals surface area contributed by atoms with Crippen LogP contribution in [-0.2, 0) is 0 Å². The molecule has 0 saturated heterocycles. The largest absolute Gasteiger partial charge is 0.497 e. The molecule has 0 bridgehead atoms. The monoisotopic (exact) mass is 154 g/mol. The molecule has 0 aromatic heterocycles. The van der Waals surface area contributed by atoms with Crippen LogP contribution >= 0.6 is 0 Å². The Kier molecular flexibility index (Phi) is 2.06. The van der Waals surface area contributed by atoms with E-state index >= 15 is 0 Å². The summed E-state index contributed by atoms with van der Waals surface area (Å²) in [4.78, 5) is 10.1. The lowest BCUT2D eigenvalue weighted by atomic mass is 10.3. The minimum Gasteiger partial charge on any atom is -0.497 e. The molecule has 0 aliphatic heterocycles. The van der Waals surface area contributed by atoms with E-state index in [2.05, 4.69) is 0 Å². The van der Waals surface area contributed by atoms with E-state index in [9.17, 15) is 4.91 Å². The van der Waals surface area contributed by atoms with Crippen molar-refractivity contribution in [1.82, 2.24) is 0 Å². The second kappa shape index (κ2) is 3.01. The third kappa shape index (κ3) is 1.67. The topological polar surface area (TPSA) is 49.5 Å². The highest BCUT2D eigenvalue weighted by Gasteiger charge is 2.09. The Morgan fingerprint density at radius 3 is 2.27 bits per heavy atom. The normalized spacial score (nSPS) is 9.18. The van der Waals surface area contributed by atoms with E-state index in [0.717, 1.165) is 0 Å². The molecule has 0 atom stereocenters. The van der Waals surface area contributed by atoms with E-state index in [1.54, 1.807) is 12.1 Å². The third-order valence-corrected chi connectivity index (χ3v) is 1.29. The fourth-order valence-electron chi connectivity index (χ4n) is 0.710. The number of benzene rings is 1. The molecule has 4 heteroatoms. The molecular formula is C7H8NO3+. The van der Waals surface area contributed by atoms with Gasteiger partial charge in [0.15, 0.2) is 0 Å². The number of hydrogen-bond donors (Lipinski definition) is 1. The Morgan fingerprint density at radius 1 is 1.36 bits per heavy atom. The SMILES string of the molecule is COc1ccc([N+](=O)O)cc1. The van der Waals surface area contributed by atoms with Crippen LogP contribution in [0, 0.1) is 4.91 Å². The summed E-state index contributed by atoms with van der Waals surface area (Å²) in [5, 5.41) is 8.42. The molecular weight excluding hydrogens is 146 g/mol.